The van der Waals surface area contributed by atoms with Crippen molar-refractivity contribution in [2.24, 2.45) is 17.3 Å². The molecule has 1 amide bonds. The van der Waals surface area contributed by atoms with E-state index in [1.807, 2.05) is 59.4 Å². The van der Waals surface area contributed by atoms with Crippen molar-refractivity contribution in [3.8, 4) is 5.69 Å². The van der Waals surface area contributed by atoms with Crippen LogP contribution in [0.25, 0.3) is 5.69 Å². The molecule has 4 saturated carbocycles. The van der Waals surface area contributed by atoms with Crippen LogP contribution in [0.2, 0.25) is 0 Å². The molecule has 0 spiro atoms. The van der Waals surface area contributed by atoms with E-state index in [4.69, 9.17) is 0 Å². The van der Waals surface area contributed by atoms with Gasteiger partial charge in [0.2, 0.25) is 5.91 Å². The second-order valence-electron chi connectivity index (χ2n) is 9.74. The van der Waals surface area contributed by atoms with E-state index in [0.29, 0.717) is 24.8 Å². The van der Waals surface area contributed by atoms with E-state index in [9.17, 15) is 9.90 Å². The predicted molar refractivity (Wildman–Crippen MR) is 107 cm³/mol. The van der Waals surface area contributed by atoms with Crippen molar-refractivity contribution in [3.63, 3.8) is 0 Å². The number of carbonyl (C=O) groups is 1. The van der Waals surface area contributed by atoms with Crippen LogP contribution in [0.3, 0.4) is 0 Å². The summed E-state index contributed by atoms with van der Waals surface area (Å²) in [5.74, 6) is 1.43. The van der Waals surface area contributed by atoms with Crippen molar-refractivity contribution in [1.82, 2.24) is 14.7 Å². The fourth-order valence-corrected chi connectivity index (χ4v) is 6.59. The van der Waals surface area contributed by atoms with Gasteiger partial charge in [0.05, 0.1) is 17.5 Å². The van der Waals surface area contributed by atoms with Crippen molar-refractivity contribution >= 4 is 5.91 Å². The molecule has 5 heteroatoms. The molecule has 0 aliphatic heterocycles. The van der Waals surface area contributed by atoms with E-state index in [1.165, 1.54) is 6.42 Å². The quantitative estimate of drug-likeness (QED) is 0.864. The Kier molecular flexibility index (Phi) is 4.13. The second kappa shape index (κ2) is 6.45. The van der Waals surface area contributed by atoms with E-state index in [2.05, 4.69) is 5.10 Å². The molecule has 28 heavy (non-hydrogen) atoms. The molecule has 4 bridgehead atoms. The molecule has 2 unspecified atom stereocenters. The maximum Gasteiger partial charge on any atom is 0.223 e. The number of rotatable bonds is 5. The highest BCUT2D eigenvalue weighted by atomic mass is 16.3. The van der Waals surface area contributed by atoms with Crippen LogP contribution in [0.1, 0.15) is 50.5 Å². The van der Waals surface area contributed by atoms with E-state index >= 15 is 0 Å². The van der Waals surface area contributed by atoms with Crippen LogP contribution in [-0.2, 0) is 11.3 Å². The van der Waals surface area contributed by atoms with Crippen LogP contribution in [0.15, 0.2) is 42.7 Å². The highest BCUT2D eigenvalue weighted by Gasteiger charge is 2.57. The van der Waals surface area contributed by atoms with Gasteiger partial charge in [0, 0.05) is 31.8 Å². The van der Waals surface area contributed by atoms with Gasteiger partial charge in [0.15, 0.2) is 0 Å². The first kappa shape index (κ1) is 17.9. The summed E-state index contributed by atoms with van der Waals surface area (Å²) in [7, 11) is 1.89. The highest BCUT2D eigenvalue weighted by Crippen LogP contribution is 2.62. The maximum atomic E-state index is 13.0. The second-order valence-corrected chi connectivity index (χ2v) is 9.74. The number of carbonyl (C=O) groups excluding carboxylic acids is 1. The lowest BCUT2D eigenvalue weighted by Gasteiger charge is -2.60. The Balaban J connectivity index is 1.25. The normalized spacial score (nSPS) is 33.2. The molecule has 1 aromatic carbocycles. The van der Waals surface area contributed by atoms with Crippen LogP contribution in [0, 0.1) is 17.3 Å². The van der Waals surface area contributed by atoms with Gasteiger partial charge in [-0.1, -0.05) is 18.2 Å². The molecule has 5 nitrogen and oxygen atoms in total. The number of hydrogen-bond acceptors (Lipinski definition) is 3. The Morgan fingerprint density at radius 2 is 1.93 bits per heavy atom. The van der Waals surface area contributed by atoms with Gasteiger partial charge in [0.1, 0.15) is 0 Å². The Morgan fingerprint density at radius 1 is 1.21 bits per heavy atom. The highest BCUT2D eigenvalue weighted by molar-refractivity contribution is 5.76. The average molecular weight is 380 g/mol. The van der Waals surface area contributed by atoms with Gasteiger partial charge >= 0.3 is 0 Å². The van der Waals surface area contributed by atoms with Gasteiger partial charge in [0.25, 0.3) is 0 Å². The zero-order chi connectivity index (χ0) is 19.4. The minimum absolute atomic E-state index is 0.0262. The van der Waals surface area contributed by atoms with E-state index in [1.54, 1.807) is 0 Å². The van der Waals surface area contributed by atoms with Gasteiger partial charge < -0.3 is 10.0 Å². The largest absolute Gasteiger partial charge is 0.390 e. The SMILES string of the molecule is CN(Cc1cnn(-c2ccccc2)c1)C(=O)CC12CC3CC(CC(O)(C3)C1)C2. The zero-order valence-electron chi connectivity index (χ0n) is 16.6. The van der Waals surface area contributed by atoms with Gasteiger partial charge in [-0.15, -0.1) is 0 Å². The first-order chi connectivity index (χ1) is 13.4. The summed E-state index contributed by atoms with van der Waals surface area (Å²) in [5.41, 5.74) is 1.58. The monoisotopic (exact) mass is 379 g/mol. The third kappa shape index (κ3) is 3.26. The number of aromatic nitrogens is 2. The third-order valence-corrected chi connectivity index (χ3v) is 7.18. The summed E-state index contributed by atoms with van der Waals surface area (Å²) in [6.45, 7) is 0.568. The van der Waals surface area contributed by atoms with Crippen LogP contribution in [-0.4, -0.2) is 38.3 Å². The number of nitrogens with zero attached hydrogens (tertiary/aromatic N) is 3. The summed E-state index contributed by atoms with van der Waals surface area (Å²) in [4.78, 5) is 14.9. The molecule has 1 N–H and O–H groups in total. The molecule has 2 aromatic rings. The van der Waals surface area contributed by atoms with Crippen molar-refractivity contribution in [2.75, 3.05) is 7.05 Å². The van der Waals surface area contributed by atoms with Crippen LogP contribution < -0.4 is 0 Å². The van der Waals surface area contributed by atoms with Gasteiger partial charge in [-0.05, 0) is 67.9 Å². The fourth-order valence-electron chi connectivity index (χ4n) is 6.59. The standard InChI is InChI=1S/C23H29N3O2/c1-25(14-19-13-24-26(15-19)20-5-3-2-4-6-20)21(27)12-22-8-17-7-18(9-22)11-23(28,10-17)16-22/h2-6,13,15,17-18,28H,7-12,14,16H2,1H3. The number of aliphatic hydroxyl groups is 1. The number of para-hydroxylation sites is 1. The molecule has 6 rings (SSSR count). The zero-order valence-corrected chi connectivity index (χ0v) is 16.6. The first-order valence-electron chi connectivity index (χ1n) is 10.5. The number of amides is 1. The smallest absolute Gasteiger partial charge is 0.223 e. The first-order valence-corrected chi connectivity index (χ1v) is 10.5. The Morgan fingerprint density at radius 3 is 2.61 bits per heavy atom. The van der Waals surface area contributed by atoms with Crippen LogP contribution >= 0.6 is 0 Å². The summed E-state index contributed by atoms with van der Waals surface area (Å²) in [5, 5.41) is 15.4. The van der Waals surface area contributed by atoms with Crippen molar-refractivity contribution < 1.29 is 9.90 Å². The lowest BCUT2D eigenvalue weighted by atomic mass is 9.47. The molecule has 1 heterocycles. The van der Waals surface area contributed by atoms with Crippen molar-refractivity contribution in [2.45, 2.75) is 57.1 Å². The summed E-state index contributed by atoms with van der Waals surface area (Å²) >= 11 is 0. The Labute approximate surface area is 166 Å². The molecule has 0 radical (unpaired) electrons. The van der Waals surface area contributed by atoms with E-state index in [-0.39, 0.29) is 11.3 Å². The minimum Gasteiger partial charge on any atom is -0.390 e. The third-order valence-electron chi connectivity index (χ3n) is 7.18. The molecule has 4 aliphatic rings. The van der Waals surface area contributed by atoms with E-state index in [0.717, 1.165) is 43.4 Å². The van der Waals surface area contributed by atoms with Crippen molar-refractivity contribution in [1.29, 1.82) is 0 Å². The average Bonchev–Trinajstić information content (AvgIpc) is 3.08. The van der Waals surface area contributed by atoms with Crippen LogP contribution in [0.5, 0.6) is 0 Å². The molecular weight excluding hydrogens is 350 g/mol. The summed E-state index contributed by atoms with van der Waals surface area (Å²) in [6, 6.07) is 10.0. The fraction of sp³-hybridized carbons (Fsp3) is 0.565. The molecule has 4 fully saturated rings. The predicted octanol–water partition coefficient (Wildman–Crippen LogP) is 3.55. The summed E-state index contributed by atoms with van der Waals surface area (Å²) < 4.78 is 1.85. The lowest BCUT2D eigenvalue weighted by molar-refractivity contribution is -0.171. The van der Waals surface area contributed by atoms with Crippen LogP contribution in [0.4, 0.5) is 0 Å². The lowest BCUT2D eigenvalue weighted by Crippen LogP contribution is -2.56. The molecule has 148 valence electrons. The topological polar surface area (TPSA) is 58.4 Å². The number of benzene rings is 1. The van der Waals surface area contributed by atoms with E-state index < -0.39 is 5.60 Å². The van der Waals surface area contributed by atoms with Crippen molar-refractivity contribution in [3.05, 3.63) is 48.3 Å². The molecule has 4 aliphatic carbocycles. The maximum absolute atomic E-state index is 13.0. The van der Waals surface area contributed by atoms with Gasteiger partial charge in [-0.25, -0.2) is 4.68 Å². The molecule has 2 atom stereocenters. The summed E-state index contributed by atoms with van der Waals surface area (Å²) in [6.07, 6.45) is 10.6. The van der Waals surface area contributed by atoms with Gasteiger partial charge in [-0.2, -0.15) is 5.10 Å². The van der Waals surface area contributed by atoms with Gasteiger partial charge in [-0.3, -0.25) is 4.79 Å². The molecule has 1 aromatic heterocycles. The minimum atomic E-state index is -0.500. The Hall–Kier alpha value is -2.14. The Bertz CT molecular complexity index is 861. The number of hydrogen-bond donors (Lipinski definition) is 1. The molecular formula is C23H29N3O2. The molecule has 0 saturated heterocycles.